The Kier molecular flexibility index (Phi) is 3.06. The first kappa shape index (κ1) is 11.5. The van der Waals surface area contributed by atoms with E-state index in [1.54, 1.807) is 0 Å². The Balaban J connectivity index is 0.00000128. The topological polar surface area (TPSA) is 52.0 Å². The molecule has 0 aliphatic heterocycles. The SMILES string of the molecule is Nc1[c-]cc(-c2ccc(N)c(S)c2)cc1.[Hs]. The molecule has 0 aromatic heterocycles. The first-order chi connectivity index (χ1) is 7.16. The second-order valence-corrected chi connectivity index (χ2v) is 3.79. The molecular formula is C12H11HsN2S-. The van der Waals surface area contributed by atoms with Crippen LogP contribution in [0.3, 0.4) is 0 Å². The summed E-state index contributed by atoms with van der Waals surface area (Å²) in [5.41, 5.74) is 14.7. The first-order valence-electron chi connectivity index (χ1n) is 4.53. The first-order valence-corrected chi connectivity index (χ1v) is 4.97. The molecule has 0 saturated carbocycles. The maximum Gasteiger partial charge on any atom is 0.0449 e. The van der Waals surface area contributed by atoms with Crippen molar-refractivity contribution < 1.29 is 0 Å². The molecule has 0 aliphatic carbocycles. The quantitative estimate of drug-likeness (QED) is 0.331. The third-order valence-electron chi connectivity index (χ3n) is 2.20. The minimum atomic E-state index is 0. The van der Waals surface area contributed by atoms with Gasteiger partial charge in [0.05, 0.1) is 0 Å². The van der Waals surface area contributed by atoms with Crippen LogP contribution >= 0.6 is 12.6 Å². The van der Waals surface area contributed by atoms with Crippen LogP contribution in [0.1, 0.15) is 0 Å². The summed E-state index contributed by atoms with van der Waals surface area (Å²) in [6, 6.07) is 14.3. The zero-order valence-corrected chi connectivity index (χ0v) is 16.2. The molecule has 2 rings (SSSR count). The fourth-order valence-electron chi connectivity index (χ4n) is 1.34. The van der Waals surface area contributed by atoms with Gasteiger partial charge in [-0.25, -0.2) is 0 Å². The maximum absolute atomic E-state index is 5.69. The van der Waals surface area contributed by atoms with Crippen LogP contribution < -0.4 is 11.5 Å². The Morgan fingerprint density at radius 2 is 1.69 bits per heavy atom. The van der Waals surface area contributed by atoms with E-state index in [9.17, 15) is 0 Å². The second kappa shape index (κ2) is 4.28. The van der Waals surface area contributed by atoms with Gasteiger partial charge in [0.25, 0.3) is 0 Å². The monoisotopic (exact) mass is 484 g/mol. The normalized spacial score (nSPS) is 9.56. The molecule has 0 spiro atoms. The van der Waals surface area contributed by atoms with Crippen LogP contribution in [-0.2, 0) is 0 Å². The number of nitrogen functional groups attached to an aromatic ring is 2. The van der Waals surface area contributed by atoms with Gasteiger partial charge in [-0.1, -0.05) is 23.4 Å². The van der Waals surface area contributed by atoms with Crippen molar-refractivity contribution in [3.05, 3.63) is 42.5 Å². The average Bonchev–Trinajstić information content (AvgIpc) is 2.23. The third-order valence-corrected chi connectivity index (χ3v) is 2.59. The summed E-state index contributed by atoms with van der Waals surface area (Å²) in [6.07, 6.45) is 0. The summed E-state index contributed by atoms with van der Waals surface area (Å²) < 4.78 is 0. The molecular weight excluding hydrogens is 473 g/mol. The summed E-state index contributed by atoms with van der Waals surface area (Å²) in [5, 5.41) is 0. The molecule has 2 aromatic rings. The van der Waals surface area contributed by atoms with E-state index < -0.39 is 0 Å². The fraction of sp³-hybridized carbons (Fsp3) is 0. The van der Waals surface area contributed by atoms with Crippen LogP contribution in [0.15, 0.2) is 41.3 Å². The predicted molar refractivity (Wildman–Crippen MR) is 66.8 cm³/mol. The summed E-state index contributed by atoms with van der Waals surface area (Å²) in [7, 11) is 0. The van der Waals surface area contributed by atoms with E-state index >= 15 is 0 Å². The maximum atomic E-state index is 5.69. The van der Waals surface area contributed by atoms with Crippen LogP contribution in [-0.4, -0.2) is 0 Å². The molecule has 2 nitrogen and oxygen atoms in total. The van der Waals surface area contributed by atoms with Crippen LogP contribution in [0.4, 0.5) is 11.4 Å². The van der Waals surface area contributed by atoms with E-state index in [2.05, 4.69) is 18.7 Å². The van der Waals surface area contributed by atoms with Crippen molar-refractivity contribution in [1.82, 2.24) is 0 Å². The van der Waals surface area contributed by atoms with Crippen molar-refractivity contribution in [3.8, 4) is 11.1 Å². The molecule has 0 saturated heterocycles. The molecule has 0 amide bonds. The molecule has 0 heterocycles. The van der Waals surface area contributed by atoms with Crippen molar-refractivity contribution in [2.24, 2.45) is 0 Å². The molecule has 0 bridgehead atoms. The Labute approximate surface area is 94.3 Å². The number of hydrogen-bond donors (Lipinski definition) is 3. The zero-order chi connectivity index (χ0) is 10.8. The molecule has 4 N–H and O–H groups in total. The second-order valence-electron chi connectivity index (χ2n) is 3.31. The van der Waals surface area contributed by atoms with E-state index in [4.69, 9.17) is 11.5 Å². The summed E-state index contributed by atoms with van der Waals surface area (Å²) >= 11 is 4.28. The number of nitrogens with two attached hydrogens (primary N) is 2. The van der Waals surface area contributed by atoms with Gasteiger partial charge in [0.1, 0.15) is 0 Å². The van der Waals surface area contributed by atoms with Crippen LogP contribution in [0.2, 0.25) is 0 Å². The Hall–Kier alpha value is -2.61. The minimum Gasteiger partial charge on any atom is -0.420 e. The smallest absolute Gasteiger partial charge is 0.0449 e. The van der Waals surface area contributed by atoms with Crippen LogP contribution in [0.5, 0.6) is 0 Å². The number of hydrogen-bond acceptors (Lipinski definition) is 3. The van der Waals surface area contributed by atoms with Crippen molar-refractivity contribution >= 4 is 24.0 Å². The van der Waals surface area contributed by atoms with Gasteiger partial charge in [-0.15, -0.1) is 24.3 Å². The van der Waals surface area contributed by atoms with E-state index in [-0.39, 0.29) is 0 Å². The van der Waals surface area contributed by atoms with Crippen LogP contribution in [0, 0.1) is 6.07 Å². The number of rotatable bonds is 1. The van der Waals surface area contributed by atoms with E-state index in [0.29, 0.717) is 11.4 Å². The molecule has 78 valence electrons. The van der Waals surface area contributed by atoms with Gasteiger partial charge < -0.3 is 11.5 Å². The molecule has 0 atom stereocenters. The summed E-state index contributed by atoms with van der Waals surface area (Å²) in [5.74, 6) is 0. The average molecular weight is 484 g/mol. The van der Waals surface area contributed by atoms with E-state index in [1.807, 2.05) is 36.4 Å². The van der Waals surface area contributed by atoms with Gasteiger partial charge in [0, 0.05) is 10.6 Å². The zero-order valence-electron chi connectivity index (χ0n) is 8.77. The van der Waals surface area contributed by atoms with Crippen molar-refractivity contribution in [3.63, 3.8) is 0 Å². The largest absolute Gasteiger partial charge is 0.420 e. The van der Waals surface area contributed by atoms with Gasteiger partial charge in [-0.2, -0.15) is 18.2 Å². The predicted octanol–water partition coefficient (Wildman–Crippen LogP) is 2.61. The number of thiol groups is 1. The number of benzene rings is 2. The third kappa shape index (κ3) is 2.07. The standard InChI is InChI=1S/C12H11N2S.Hs/c13-10-4-1-8(2-5-10)9-3-6-11(14)12(15)7-9;/h1-4,6-7,15H,13-14H2;/q-1;. The summed E-state index contributed by atoms with van der Waals surface area (Å²) in [6.45, 7) is 0. The van der Waals surface area contributed by atoms with Crippen molar-refractivity contribution in [2.75, 3.05) is 11.5 Å². The fourth-order valence-corrected chi connectivity index (χ4v) is 1.55. The van der Waals surface area contributed by atoms with Gasteiger partial charge in [-0.05, 0) is 6.07 Å². The number of anilines is 2. The molecule has 16 heavy (non-hydrogen) atoms. The molecule has 0 aliphatic rings. The van der Waals surface area contributed by atoms with Gasteiger partial charge in [0.2, 0.25) is 0 Å². The Bertz CT molecular complexity index is 483. The molecule has 4 heteroatoms. The van der Waals surface area contributed by atoms with Gasteiger partial charge in [-0.3, -0.25) is 0 Å². The van der Waals surface area contributed by atoms with Crippen LogP contribution in [0.25, 0.3) is 11.1 Å². The molecule has 2 aromatic carbocycles. The van der Waals surface area contributed by atoms with E-state index in [1.165, 1.54) is 0 Å². The minimum absolute atomic E-state index is 0. The molecule has 0 radical (unpaired) electrons. The molecule has 0 fully saturated rings. The van der Waals surface area contributed by atoms with Gasteiger partial charge in [0.15, 0.2) is 0 Å². The van der Waals surface area contributed by atoms with Crippen molar-refractivity contribution in [1.29, 1.82) is 0 Å². The molecule has 0 unspecified atom stereocenters. The summed E-state index contributed by atoms with van der Waals surface area (Å²) in [4.78, 5) is 0.782. The Morgan fingerprint density at radius 3 is 2.25 bits per heavy atom. The Morgan fingerprint density at radius 1 is 1.00 bits per heavy atom. The van der Waals surface area contributed by atoms with E-state index in [0.717, 1.165) is 16.0 Å². The van der Waals surface area contributed by atoms with Gasteiger partial charge >= 0.3 is 0 Å². The van der Waals surface area contributed by atoms with Crippen molar-refractivity contribution in [2.45, 2.75) is 4.90 Å².